The Morgan fingerprint density at radius 1 is 1.20 bits per heavy atom. The van der Waals surface area contributed by atoms with Gasteiger partial charge in [-0.1, -0.05) is 24.3 Å². The molecule has 1 amide bonds. The van der Waals surface area contributed by atoms with E-state index in [1.165, 1.54) is 0 Å². The summed E-state index contributed by atoms with van der Waals surface area (Å²) in [5, 5.41) is 0. The first kappa shape index (κ1) is 17.4. The standard InChI is InChI=1S/C18H20N2O4S/c21-18(13-24-17-6-2-1-3-7-17)20(12-15-5-4-9-19-11-15)16-8-10-25(22,23)14-16/h1-7,9,11,16H,8,10,12-14H2. The van der Waals surface area contributed by atoms with E-state index in [9.17, 15) is 13.2 Å². The van der Waals surface area contributed by atoms with Crippen molar-refractivity contribution in [2.45, 2.75) is 19.0 Å². The molecule has 1 aromatic carbocycles. The Morgan fingerprint density at radius 2 is 2.00 bits per heavy atom. The van der Waals surface area contributed by atoms with Crippen LogP contribution in [0, 0.1) is 0 Å². The molecule has 0 aliphatic carbocycles. The van der Waals surface area contributed by atoms with E-state index in [1.807, 2.05) is 24.3 Å². The molecule has 0 N–H and O–H groups in total. The summed E-state index contributed by atoms with van der Waals surface area (Å²) in [5.41, 5.74) is 0.861. The van der Waals surface area contributed by atoms with Crippen LogP contribution in [0.4, 0.5) is 0 Å². The number of sulfone groups is 1. The van der Waals surface area contributed by atoms with Gasteiger partial charge in [0.05, 0.1) is 11.5 Å². The summed E-state index contributed by atoms with van der Waals surface area (Å²) < 4.78 is 29.2. The maximum absolute atomic E-state index is 12.7. The Balaban J connectivity index is 1.72. The summed E-state index contributed by atoms with van der Waals surface area (Å²) in [7, 11) is -3.08. The van der Waals surface area contributed by atoms with Gasteiger partial charge in [-0.05, 0) is 30.2 Å². The van der Waals surface area contributed by atoms with E-state index in [2.05, 4.69) is 4.98 Å². The molecule has 0 radical (unpaired) electrons. The number of rotatable bonds is 6. The van der Waals surface area contributed by atoms with Gasteiger partial charge in [0.15, 0.2) is 16.4 Å². The lowest BCUT2D eigenvalue weighted by molar-refractivity contribution is -0.136. The Bertz CT molecular complexity index is 809. The summed E-state index contributed by atoms with van der Waals surface area (Å²) >= 11 is 0. The molecule has 1 atom stereocenters. The molecule has 3 rings (SSSR count). The molecule has 0 spiro atoms. The molecule has 2 heterocycles. The Hall–Kier alpha value is -2.41. The average molecular weight is 360 g/mol. The molecule has 0 bridgehead atoms. The van der Waals surface area contributed by atoms with Crippen LogP contribution in [0.15, 0.2) is 54.9 Å². The number of benzene rings is 1. The highest BCUT2D eigenvalue weighted by Crippen LogP contribution is 2.20. The molecule has 132 valence electrons. The van der Waals surface area contributed by atoms with Crippen LogP contribution in [0.3, 0.4) is 0 Å². The number of amides is 1. The van der Waals surface area contributed by atoms with Crippen molar-refractivity contribution in [1.29, 1.82) is 0 Å². The normalized spacial score (nSPS) is 18.6. The van der Waals surface area contributed by atoms with Gasteiger partial charge in [-0.25, -0.2) is 8.42 Å². The molecule has 7 heteroatoms. The molecular weight excluding hydrogens is 340 g/mol. The van der Waals surface area contributed by atoms with Crippen molar-refractivity contribution in [2.24, 2.45) is 0 Å². The molecule has 1 fully saturated rings. The zero-order valence-electron chi connectivity index (χ0n) is 13.7. The molecule has 25 heavy (non-hydrogen) atoms. The Labute approximate surface area is 147 Å². The van der Waals surface area contributed by atoms with E-state index in [4.69, 9.17) is 4.74 Å². The molecule has 1 aliphatic rings. The topological polar surface area (TPSA) is 76.6 Å². The van der Waals surface area contributed by atoms with Crippen molar-refractivity contribution in [2.75, 3.05) is 18.1 Å². The monoisotopic (exact) mass is 360 g/mol. The van der Waals surface area contributed by atoms with Crippen LogP contribution in [0.1, 0.15) is 12.0 Å². The summed E-state index contributed by atoms with van der Waals surface area (Å²) in [6.45, 7) is 0.200. The summed E-state index contributed by atoms with van der Waals surface area (Å²) in [6.07, 6.45) is 3.80. The summed E-state index contributed by atoms with van der Waals surface area (Å²) in [4.78, 5) is 18.4. The second-order valence-corrected chi connectivity index (χ2v) is 8.27. The second-order valence-electron chi connectivity index (χ2n) is 6.04. The lowest BCUT2D eigenvalue weighted by Crippen LogP contribution is -2.43. The summed E-state index contributed by atoms with van der Waals surface area (Å²) in [6, 6.07) is 12.4. The molecule has 0 saturated carbocycles. The molecule has 1 saturated heterocycles. The molecule has 1 unspecified atom stereocenters. The highest BCUT2D eigenvalue weighted by atomic mass is 32.2. The van der Waals surface area contributed by atoms with Gasteiger partial charge < -0.3 is 9.64 Å². The number of carbonyl (C=O) groups excluding carboxylic acids is 1. The fraction of sp³-hybridized carbons (Fsp3) is 0.333. The van der Waals surface area contributed by atoms with E-state index in [-0.39, 0.29) is 30.1 Å². The number of carbonyl (C=O) groups is 1. The second kappa shape index (κ2) is 7.65. The number of hydrogen-bond acceptors (Lipinski definition) is 5. The smallest absolute Gasteiger partial charge is 0.261 e. The fourth-order valence-electron chi connectivity index (χ4n) is 2.88. The van der Waals surface area contributed by atoms with E-state index in [1.54, 1.807) is 35.5 Å². The first-order valence-corrected chi connectivity index (χ1v) is 9.92. The third-order valence-electron chi connectivity index (χ3n) is 4.15. The molecule has 6 nitrogen and oxygen atoms in total. The van der Waals surface area contributed by atoms with Gasteiger partial charge in [0.25, 0.3) is 5.91 Å². The highest BCUT2D eigenvalue weighted by molar-refractivity contribution is 7.91. The zero-order valence-corrected chi connectivity index (χ0v) is 14.6. The third-order valence-corrected chi connectivity index (χ3v) is 5.90. The van der Waals surface area contributed by atoms with Crippen LogP contribution in [0.25, 0.3) is 0 Å². The number of hydrogen-bond donors (Lipinski definition) is 0. The van der Waals surface area contributed by atoms with Gasteiger partial charge in [-0.2, -0.15) is 0 Å². The van der Waals surface area contributed by atoms with Crippen molar-refractivity contribution in [3.63, 3.8) is 0 Å². The van der Waals surface area contributed by atoms with E-state index >= 15 is 0 Å². The predicted octanol–water partition coefficient (Wildman–Crippen LogP) is 1.68. The van der Waals surface area contributed by atoms with Crippen LogP contribution in [0.2, 0.25) is 0 Å². The van der Waals surface area contributed by atoms with Gasteiger partial charge in [0.1, 0.15) is 5.75 Å². The van der Waals surface area contributed by atoms with Gasteiger partial charge in [-0.15, -0.1) is 0 Å². The van der Waals surface area contributed by atoms with Crippen LogP contribution in [-0.2, 0) is 21.2 Å². The van der Waals surface area contributed by atoms with E-state index < -0.39 is 9.84 Å². The molecule has 2 aromatic rings. The molecule has 1 aromatic heterocycles. The van der Waals surface area contributed by atoms with Crippen molar-refractivity contribution < 1.29 is 17.9 Å². The van der Waals surface area contributed by atoms with Crippen LogP contribution < -0.4 is 4.74 Å². The van der Waals surface area contributed by atoms with Gasteiger partial charge in [-0.3, -0.25) is 9.78 Å². The van der Waals surface area contributed by atoms with Crippen molar-refractivity contribution in [3.05, 3.63) is 60.4 Å². The number of aromatic nitrogens is 1. The zero-order chi connectivity index (χ0) is 17.7. The van der Waals surface area contributed by atoms with Crippen LogP contribution in [-0.4, -0.2) is 48.4 Å². The number of ether oxygens (including phenoxy) is 1. The quantitative estimate of drug-likeness (QED) is 0.783. The number of para-hydroxylation sites is 1. The first-order chi connectivity index (χ1) is 12.0. The number of nitrogens with zero attached hydrogens (tertiary/aromatic N) is 2. The lowest BCUT2D eigenvalue weighted by atomic mass is 10.2. The summed E-state index contributed by atoms with van der Waals surface area (Å²) in [5.74, 6) is 0.504. The lowest BCUT2D eigenvalue weighted by Gasteiger charge is -2.28. The minimum absolute atomic E-state index is 0.00430. The van der Waals surface area contributed by atoms with Crippen molar-refractivity contribution in [3.8, 4) is 5.75 Å². The molecule has 1 aliphatic heterocycles. The van der Waals surface area contributed by atoms with Crippen LogP contribution in [0.5, 0.6) is 5.75 Å². The Morgan fingerprint density at radius 3 is 2.64 bits per heavy atom. The average Bonchev–Trinajstić information content (AvgIpc) is 2.99. The van der Waals surface area contributed by atoms with E-state index in [0.717, 1.165) is 5.56 Å². The highest BCUT2D eigenvalue weighted by Gasteiger charge is 2.34. The largest absolute Gasteiger partial charge is 0.484 e. The minimum atomic E-state index is -3.08. The van der Waals surface area contributed by atoms with Crippen molar-refractivity contribution >= 4 is 15.7 Å². The Kier molecular flexibility index (Phi) is 5.33. The first-order valence-electron chi connectivity index (χ1n) is 8.10. The maximum Gasteiger partial charge on any atom is 0.261 e. The molecular formula is C18H20N2O4S. The third kappa shape index (κ3) is 4.79. The SMILES string of the molecule is O=C(COc1ccccc1)N(Cc1cccnc1)C1CCS(=O)(=O)C1. The van der Waals surface area contributed by atoms with Gasteiger partial charge in [0.2, 0.25) is 0 Å². The van der Waals surface area contributed by atoms with Crippen LogP contribution >= 0.6 is 0 Å². The predicted molar refractivity (Wildman–Crippen MR) is 93.8 cm³/mol. The minimum Gasteiger partial charge on any atom is -0.484 e. The van der Waals surface area contributed by atoms with E-state index in [0.29, 0.717) is 18.7 Å². The van der Waals surface area contributed by atoms with Gasteiger partial charge in [0, 0.05) is 25.0 Å². The van der Waals surface area contributed by atoms with Gasteiger partial charge >= 0.3 is 0 Å². The fourth-order valence-corrected chi connectivity index (χ4v) is 4.61. The van der Waals surface area contributed by atoms with Crippen molar-refractivity contribution in [1.82, 2.24) is 9.88 Å². The number of pyridine rings is 1. The maximum atomic E-state index is 12.7.